The Morgan fingerprint density at radius 1 is 1.24 bits per heavy atom. The average molecular weight is 315 g/mol. The summed E-state index contributed by atoms with van der Waals surface area (Å²) in [5.41, 5.74) is 0.329. The van der Waals surface area contributed by atoms with Gasteiger partial charge in [0, 0.05) is 6.04 Å². The second-order valence-corrected chi connectivity index (χ2v) is 5.52. The van der Waals surface area contributed by atoms with Crippen LogP contribution in [0, 0.1) is 11.7 Å². The highest BCUT2D eigenvalue weighted by molar-refractivity contribution is 6.33. The number of carboxylic acid groups (broad SMARTS) is 1. The zero-order valence-corrected chi connectivity index (χ0v) is 12.0. The van der Waals surface area contributed by atoms with Gasteiger partial charge in [-0.25, -0.2) is 9.18 Å². The molecule has 0 aromatic heterocycles. The molecule has 3 N–H and O–H groups in total. The second-order valence-electron chi connectivity index (χ2n) is 5.11. The van der Waals surface area contributed by atoms with E-state index in [1.54, 1.807) is 0 Å². The molecule has 0 unspecified atom stereocenters. The fraction of sp³-hybridized carbons (Fsp3) is 0.429. The molecule has 7 heteroatoms. The number of aliphatic carboxylic acids is 1. The molecule has 114 valence electrons. The van der Waals surface area contributed by atoms with Gasteiger partial charge in [0.05, 0.1) is 16.6 Å². The highest BCUT2D eigenvalue weighted by atomic mass is 35.5. The van der Waals surface area contributed by atoms with Gasteiger partial charge in [0.2, 0.25) is 0 Å². The molecule has 2 rings (SSSR count). The molecular formula is C14H16ClFN2O3. The number of amides is 2. The van der Waals surface area contributed by atoms with Crippen LogP contribution in [0.5, 0.6) is 0 Å². The average Bonchev–Trinajstić information content (AvgIpc) is 2.42. The maximum absolute atomic E-state index is 12.9. The van der Waals surface area contributed by atoms with Gasteiger partial charge in [0.15, 0.2) is 0 Å². The maximum Gasteiger partial charge on any atom is 0.319 e. The Labute approximate surface area is 126 Å². The predicted octanol–water partition coefficient (Wildman–Crippen LogP) is 3.24. The number of carbonyl (C=O) groups excluding carboxylic acids is 1. The van der Waals surface area contributed by atoms with Crippen LogP contribution in [0.3, 0.4) is 0 Å². The lowest BCUT2D eigenvalue weighted by Gasteiger charge is -2.26. The van der Waals surface area contributed by atoms with Crippen molar-refractivity contribution in [1.82, 2.24) is 5.32 Å². The van der Waals surface area contributed by atoms with Crippen LogP contribution in [0.25, 0.3) is 0 Å². The fourth-order valence-corrected chi connectivity index (χ4v) is 2.63. The number of carbonyl (C=O) groups is 2. The van der Waals surface area contributed by atoms with Gasteiger partial charge in [-0.2, -0.15) is 0 Å². The van der Waals surface area contributed by atoms with Crippen molar-refractivity contribution in [3.05, 3.63) is 29.0 Å². The first-order valence-electron chi connectivity index (χ1n) is 6.71. The standard InChI is InChI=1S/C14H16ClFN2O3/c15-11-7-9(16)3-6-12(11)18-14(21)17-10-4-1-8(2-5-10)13(19)20/h3,6-8,10H,1-2,4-5H2,(H,19,20)(H2,17,18,21). The van der Waals surface area contributed by atoms with Gasteiger partial charge in [-0.3, -0.25) is 4.79 Å². The summed E-state index contributed by atoms with van der Waals surface area (Å²) in [4.78, 5) is 22.7. The predicted molar refractivity (Wildman–Crippen MR) is 76.9 cm³/mol. The van der Waals surface area contributed by atoms with Crippen molar-refractivity contribution in [3.63, 3.8) is 0 Å². The minimum absolute atomic E-state index is 0.0557. The molecule has 1 aromatic carbocycles. The zero-order chi connectivity index (χ0) is 15.4. The van der Waals surface area contributed by atoms with Gasteiger partial charge in [-0.1, -0.05) is 11.6 Å². The smallest absolute Gasteiger partial charge is 0.319 e. The molecule has 0 heterocycles. The van der Waals surface area contributed by atoms with E-state index in [1.807, 2.05) is 0 Å². The third-order valence-electron chi connectivity index (χ3n) is 3.59. The molecule has 1 saturated carbocycles. The third-order valence-corrected chi connectivity index (χ3v) is 3.90. The normalized spacial score (nSPS) is 21.6. The number of carboxylic acids is 1. The minimum Gasteiger partial charge on any atom is -0.481 e. The number of benzene rings is 1. The van der Waals surface area contributed by atoms with E-state index in [0.29, 0.717) is 31.4 Å². The number of anilines is 1. The van der Waals surface area contributed by atoms with E-state index in [4.69, 9.17) is 16.7 Å². The summed E-state index contributed by atoms with van der Waals surface area (Å²) in [6, 6.07) is 3.23. The molecule has 1 aliphatic carbocycles. The van der Waals surface area contributed by atoms with E-state index in [9.17, 15) is 14.0 Å². The fourth-order valence-electron chi connectivity index (χ4n) is 2.42. The first-order chi connectivity index (χ1) is 9.95. The van der Waals surface area contributed by atoms with Gasteiger partial charge >= 0.3 is 12.0 Å². The first-order valence-corrected chi connectivity index (χ1v) is 7.09. The molecule has 2 amide bonds. The Hall–Kier alpha value is -1.82. The van der Waals surface area contributed by atoms with Crippen LogP contribution in [0.1, 0.15) is 25.7 Å². The van der Waals surface area contributed by atoms with Crippen LogP contribution in [0.2, 0.25) is 5.02 Å². The Morgan fingerprint density at radius 2 is 1.90 bits per heavy atom. The Morgan fingerprint density at radius 3 is 2.48 bits per heavy atom. The molecule has 21 heavy (non-hydrogen) atoms. The van der Waals surface area contributed by atoms with Crippen LogP contribution in [0.15, 0.2) is 18.2 Å². The lowest BCUT2D eigenvalue weighted by Crippen LogP contribution is -2.41. The van der Waals surface area contributed by atoms with Crippen molar-refractivity contribution in [1.29, 1.82) is 0 Å². The number of urea groups is 1. The Bertz CT molecular complexity index is 545. The summed E-state index contributed by atoms with van der Waals surface area (Å²) in [6.07, 6.45) is 2.36. The topological polar surface area (TPSA) is 78.4 Å². The van der Waals surface area contributed by atoms with Crippen molar-refractivity contribution in [2.24, 2.45) is 5.92 Å². The minimum atomic E-state index is -0.781. The van der Waals surface area contributed by atoms with Crippen molar-refractivity contribution in [2.45, 2.75) is 31.7 Å². The number of hydrogen-bond acceptors (Lipinski definition) is 2. The molecule has 0 saturated heterocycles. The molecule has 0 aliphatic heterocycles. The molecular weight excluding hydrogens is 299 g/mol. The summed E-state index contributed by atoms with van der Waals surface area (Å²) in [7, 11) is 0. The van der Waals surface area contributed by atoms with E-state index in [2.05, 4.69) is 10.6 Å². The molecule has 0 spiro atoms. The third kappa shape index (κ3) is 4.32. The number of halogens is 2. The van der Waals surface area contributed by atoms with E-state index in [0.717, 1.165) is 6.07 Å². The van der Waals surface area contributed by atoms with Gasteiger partial charge in [0.1, 0.15) is 5.82 Å². The lowest BCUT2D eigenvalue weighted by molar-refractivity contribution is -0.142. The number of rotatable bonds is 3. The van der Waals surface area contributed by atoms with Crippen LogP contribution < -0.4 is 10.6 Å². The molecule has 1 fully saturated rings. The van der Waals surface area contributed by atoms with Crippen LogP contribution in [-0.4, -0.2) is 23.1 Å². The highest BCUT2D eigenvalue weighted by Crippen LogP contribution is 2.25. The summed E-state index contributed by atoms with van der Waals surface area (Å²) in [5.74, 6) is -1.58. The Balaban J connectivity index is 1.84. The molecule has 1 aliphatic rings. The van der Waals surface area contributed by atoms with Gasteiger partial charge < -0.3 is 15.7 Å². The highest BCUT2D eigenvalue weighted by Gasteiger charge is 2.26. The quantitative estimate of drug-likeness (QED) is 0.801. The summed E-state index contributed by atoms with van der Waals surface area (Å²) in [5, 5.41) is 14.4. The first kappa shape index (κ1) is 15.6. The molecule has 0 bridgehead atoms. The van der Waals surface area contributed by atoms with E-state index >= 15 is 0 Å². The zero-order valence-electron chi connectivity index (χ0n) is 11.2. The van der Waals surface area contributed by atoms with Gasteiger partial charge in [-0.05, 0) is 43.9 Å². The summed E-state index contributed by atoms with van der Waals surface area (Å²) < 4.78 is 12.9. The number of hydrogen-bond donors (Lipinski definition) is 3. The van der Waals surface area contributed by atoms with Gasteiger partial charge in [0.25, 0.3) is 0 Å². The molecule has 0 atom stereocenters. The monoisotopic (exact) mass is 314 g/mol. The van der Waals surface area contributed by atoms with E-state index in [1.165, 1.54) is 12.1 Å². The molecule has 5 nitrogen and oxygen atoms in total. The van der Waals surface area contributed by atoms with Crippen molar-refractivity contribution >= 4 is 29.3 Å². The van der Waals surface area contributed by atoms with Crippen LogP contribution in [0.4, 0.5) is 14.9 Å². The largest absolute Gasteiger partial charge is 0.481 e. The molecule has 1 aromatic rings. The molecule has 0 radical (unpaired) electrons. The van der Waals surface area contributed by atoms with Gasteiger partial charge in [-0.15, -0.1) is 0 Å². The van der Waals surface area contributed by atoms with Crippen molar-refractivity contribution in [2.75, 3.05) is 5.32 Å². The summed E-state index contributed by atoms with van der Waals surface area (Å²) in [6.45, 7) is 0. The maximum atomic E-state index is 12.9. The van der Waals surface area contributed by atoms with Crippen LogP contribution in [-0.2, 0) is 4.79 Å². The number of nitrogens with one attached hydrogen (secondary N) is 2. The lowest BCUT2D eigenvalue weighted by atomic mass is 9.86. The van der Waals surface area contributed by atoms with Crippen molar-refractivity contribution in [3.8, 4) is 0 Å². The SMILES string of the molecule is O=C(Nc1ccc(F)cc1Cl)NC1CCC(C(=O)O)CC1. The second kappa shape index (κ2) is 6.76. The summed E-state index contributed by atoms with van der Waals surface area (Å²) >= 11 is 5.82. The van der Waals surface area contributed by atoms with E-state index in [-0.39, 0.29) is 17.0 Å². The Kier molecular flexibility index (Phi) is 5.01. The van der Waals surface area contributed by atoms with Crippen LogP contribution >= 0.6 is 11.6 Å². The van der Waals surface area contributed by atoms with Crippen molar-refractivity contribution < 1.29 is 19.1 Å². The van der Waals surface area contributed by atoms with E-state index < -0.39 is 17.8 Å².